The number of aryl methyl sites for hydroxylation is 1. The second-order valence-corrected chi connectivity index (χ2v) is 9.84. The summed E-state index contributed by atoms with van der Waals surface area (Å²) in [5.41, 5.74) is 1.79. The van der Waals surface area contributed by atoms with Crippen LogP contribution in [0.4, 0.5) is 4.39 Å². The number of hydrogen-bond donors (Lipinski definition) is 2. The number of hydrogen-bond acceptors (Lipinski definition) is 3. The van der Waals surface area contributed by atoms with Crippen molar-refractivity contribution in [1.29, 1.82) is 0 Å². The Labute approximate surface area is 171 Å². The SMILES string of the molecule is O=C(O)CCCC=CC1C(=CNS(=O)(=O)CCc2cccc(F)c2)C2CCC1C2. The molecule has 2 aliphatic carbocycles. The minimum Gasteiger partial charge on any atom is -0.481 e. The van der Waals surface area contributed by atoms with Crippen LogP contribution in [0.2, 0.25) is 0 Å². The predicted molar refractivity (Wildman–Crippen MR) is 110 cm³/mol. The van der Waals surface area contributed by atoms with Crippen LogP contribution in [0, 0.1) is 23.6 Å². The number of rotatable bonds is 10. The summed E-state index contributed by atoms with van der Waals surface area (Å²) in [6.45, 7) is 0. The van der Waals surface area contributed by atoms with Gasteiger partial charge in [-0.2, -0.15) is 0 Å². The quantitative estimate of drug-likeness (QED) is 0.441. The van der Waals surface area contributed by atoms with Crippen molar-refractivity contribution in [2.75, 3.05) is 5.75 Å². The molecule has 0 aliphatic heterocycles. The first-order valence-electron chi connectivity index (χ1n) is 10.2. The number of nitrogens with one attached hydrogen (secondary N) is 1. The molecule has 158 valence electrons. The highest BCUT2D eigenvalue weighted by atomic mass is 32.2. The number of allylic oxidation sites excluding steroid dienone is 3. The average Bonchev–Trinajstić information content (AvgIpc) is 3.26. The first-order chi connectivity index (χ1) is 13.8. The number of carboxylic acids is 1. The zero-order valence-corrected chi connectivity index (χ0v) is 17.2. The summed E-state index contributed by atoms with van der Waals surface area (Å²) in [6, 6.07) is 5.99. The molecule has 0 aromatic heterocycles. The van der Waals surface area contributed by atoms with Gasteiger partial charge in [-0.25, -0.2) is 12.8 Å². The Morgan fingerprint density at radius 3 is 2.90 bits per heavy atom. The first-order valence-corrected chi connectivity index (χ1v) is 11.8. The fraction of sp³-hybridized carbons (Fsp3) is 0.500. The van der Waals surface area contributed by atoms with Gasteiger partial charge in [-0.1, -0.05) is 24.3 Å². The van der Waals surface area contributed by atoms with E-state index in [-0.39, 0.29) is 30.3 Å². The summed E-state index contributed by atoms with van der Waals surface area (Å²) < 4.78 is 40.7. The van der Waals surface area contributed by atoms with Gasteiger partial charge in [-0.3, -0.25) is 9.52 Å². The molecule has 2 saturated carbocycles. The van der Waals surface area contributed by atoms with Crippen molar-refractivity contribution >= 4 is 16.0 Å². The van der Waals surface area contributed by atoms with E-state index in [0.717, 1.165) is 24.8 Å². The average molecular weight is 422 g/mol. The van der Waals surface area contributed by atoms with Gasteiger partial charge in [0.05, 0.1) is 5.75 Å². The number of carboxylic acid groups (broad SMARTS) is 1. The van der Waals surface area contributed by atoms with Crippen molar-refractivity contribution in [3.8, 4) is 0 Å². The normalized spacial score (nSPS) is 25.1. The van der Waals surface area contributed by atoms with Gasteiger partial charge in [0, 0.05) is 18.5 Å². The van der Waals surface area contributed by atoms with Crippen molar-refractivity contribution in [3.05, 3.63) is 59.6 Å². The molecule has 0 saturated heterocycles. The zero-order valence-electron chi connectivity index (χ0n) is 16.4. The van der Waals surface area contributed by atoms with E-state index in [1.54, 1.807) is 18.3 Å². The highest BCUT2D eigenvalue weighted by Crippen LogP contribution is 2.52. The van der Waals surface area contributed by atoms with Crippen LogP contribution >= 0.6 is 0 Å². The standard InChI is InChI=1S/C22H28FNO4S/c23-19-6-4-5-16(13-19)11-12-29(27,28)24-15-21-18-10-9-17(14-18)20(21)7-2-1-3-8-22(25)26/h2,4-7,13,15,17-18,20,24H,1,3,8-12,14H2,(H,25,26). The lowest BCUT2D eigenvalue weighted by Gasteiger charge is -2.22. The van der Waals surface area contributed by atoms with E-state index in [4.69, 9.17) is 5.11 Å². The van der Waals surface area contributed by atoms with Crippen LogP contribution < -0.4 is 4.72 Å². The topological polar surface area (TPSA) is 83.5 Å². The van der Waals surface area contributed by atoms with Gasteiger partial charge in [-0.05, 0) is 73.6 Å². The molecule has 3 atom stereocenters. The Morgan fingerprint density at radius 1 is 1.31 bits per heavy atom. The first kappa shape index (κ1) is 21.6. The number of fused-ring (bicyclic) bond motifs is 2. The molecule has 0 heterocycles. The van der Waals surface area contributed by atoms with Gasteiger partial charge < -0.3 is 5.11 Å². The second-order valence-electron chi connectivity index (χ2n) is 7.97. The summed E-state index contributed by atoms with van der Waals surface area (Å²) in [4.78, 5) is 10.6. The number of halogens is 1. The molecule has 0 radical (unpaired) electrons. The van der Waals surface area contributed by atoms with Crippen LogP contribution in [-0.2, 0) is 21.2 Å². The van der Waals surface area contributed by atoms with Crippen LogP contribution in [0.25, 0.3) is 0 Å². The molecule has 2 aliphatic rings. The number of aliphatic carboxylic acids is 1. The van der Waals surface area contributed by atoms with E-state index >= 15 is 0 Å². The molecule has 5 nitrogen and oxygen atoms in total. The van der Waals surface area contributed by atoms with E-state index in [2.05, 4.69) is 10.8 Å². The minimum absolute atomic E-state index is 0.0932. The summed E-state index contributed by atoms with van der Waals surface area (Å²) in [7, 11) is -3.50. The number of unbranched alkanes of at least 4 members (excludes halogenated alkanes) is 1. The molecule has 3 rings (SSSR count). The van der Waals surface area contributed by atoms with E-state index in [0.29, 0.717) is 30.2 Å². The van der Waals surface area contributed by atoms with Crippen molar-refractivity contribution in [2.45, 2.75) is 44.9 Å². The molecule has 2 fully saturated rings. The van der Waals surface area contributed by atoms with Crippen molar-refractivity contribution in [2.24, 2.45) is 17.8 Å². The van der Waals surface area contributed by atoms with Gasteiger partial charge >= 0.3 is 5.97 Å². The highest BCUT2D eigenvalue weighted by Gasteiger charge is 2.42. The minimum atomic E-state index is -3.50. The molecule has 3 unspecified atom stereocenters. The second kappa shape index (κ2) is 9.57. The maximum atomic E-state index is 13.2. The van der Waals surface area contributed by atoms with Crippen LogP contribution in [0.1, 0.15) is 44.1 Å². The van der Waals surface area contributed by atoms with Crippen LogP contribution in [0.15, 0.2) is 48.2 Å². The molecule has 0 amide bonds. The molecule has 29 heavy (non-hydrogen) atoms. The predicted octanol–water partition coefficient (Wildman–Crippen LogP) is 4.03. The summed E-state index contributed by atoms with van der Waals surface area (Å²) >= 11 is 0. The number of benzene rings is 1. The Bertz CT molecular complexity index is 894. The lowest BCUT2D eigenvalue weighted by Crippen LogP contribution is -2.24. The molecule has 2 N–H and O–H groups in total. The highest BCUT2D eigenvalue weighted by molar-refractivity contribution is 7.89. The summed E-state index contributed by atoms with van der Waals surface area (Å²) in [5, 5.41) is 8.71. The van der Waals surface area contributed by atoms with Crippen molar-refractivity contribution in [3.63, 3.8) is 0 Å². The van der Waals surface area contributed by atoms with E-state index in [9.17, 15) is 17.6 Å². The fourth-order valence-corrected chi connectivity index (χ4v) is 5.39. The maximum absolute atomic E-state index is 13.2. The molecule has 1 aromatic rings. The third-order valence-electron chi connectivity index (χ3n) is 5.90. The maximum Gasteiger partial charge on any atom is 0.303 e. The van der Waals surface area contributed by atoms with E-state index < -0.39 is 16.0 Å². The van der Waals surface area contributed by atoms with Crippen molar-refractivity contribution < 1.29 is 22.7 Å². The third-order valence-corrected chi connectivity index (χ3v) is 7.11. The Balaban J connectivity index is 1.58. The van der Waals surface area contributed by atoms with Crippen LogP contribution in [-0.4, -0.2) is 25.2 Å². The lowest BCUT2D eigenvalue weighted by atomic mass is 9.84. The van der Waals surface area contributed by atoms with Gasteiger partial charge in [0.2, 0.25) is 10.0 Å². The van der Waals surface area contributed by atoms with Crippen LogP contribution in [0.5, 0.6) is 0 Å². The smallest absolute Gasteiger partial charge is 0.303 e. The van der Waals surface area contributed by atoms with Gasteiger partial charge in [0.25, 0.3) is 0 Å². The molecular weight excluding hydrogens is 393 g/mol. The van der Waals surface area contributed by atoms with Crippen molar-refractivity contribution in [1.82, 2.24) is 4.72 Å². The fourth-order valence-electron chi connectivity index (χ4n) is 4.45. The molecule has 7 heteroatoms. The molecule has 1 aromatic carbocycles. The number of carbonyl (C=O) groups is 1. The largest absolute Gasteiger partial charge is 0.481 e. The summed E-state index contributed by atoms with van der Waals surface area (Å²) in [5.74, 6) is -0.0614. The van der Waals surface area contributed by atoms with Gasteiger partial charge in [-0.15, -0.1) is 0 Å². The Morgan fingerprint density at radius 2 is 2.14 bits per heavy atom. The van der Waals surface area contributed by atoms with E-state index in [1.807, 2.05) is 6.08 Å². The van der Waals surface area contributed by atoms with Crippen LogP contribution in [0.3, 0.4) is 0 Å². The molecular formula is C22H28FNO4S. The Kier molecular flexibility index (Phi) is 7.11. The number of sulfonamides is 1. The lowest BCUT2D eigenvalue weighted by molar-refractivity contribution is -0.137. The molecule has 0 spiro atoms. The summed E-state index contributed by atoms with van der Waals surface area (Å²) in [6.07, 6.45) is 10.9. The molecule has 2 bridgehead atoms. The zero-order chi connectivity index (χ0) is 20.9. The van der Waals surface area contributed by atoms with Gasteiger partial charge in [0.15, 0.2) is 0 Å². The van der Waals surface area contributed by atoms with Gasteiger partial charge in [0.1, 0.15) is 5.82 Å². The Hall–Kier alpha value is -2.15. The van der Waals surface area contributed by atoms with E-state index in [1.165, 1.54) is 12.1 Å². The third kappa shape index (κ3) is 6.16. The monoisotopic (exact) mass is 421 g/mol.